The first-order valence-corrected chi connectivity index (χ1v) is 6.22. The Bertz CT molecular complexity index is 601. The summed E-state index contributed by atoms with van der Waals surface area (Å²) in [4.78, 5) is 36.9. The van der Waals surface area contributed by atoms with E-state index in [0.29, 0.717) is 5.69 Å². The second-order valence-electron chi connectivity index (χ2n) is 4.56. The number of para-hydroxylation sites is 1. The molecule has 0 unspecified atom stereocenters. The number of hydrogen-bond donors (Lipinski definition) is 2. The van der Waals surface area contributed by atoms with Gasteiger partial charge in [0.2, 0.25) is 5.91 Å². The number of likely N-dealkylation sites (N-methyl/N-ethyl adjacent to an activating group) is 1. The molecule has 0 spiro atoms. The van der Waals surface area contributed by atoms with Crippen LogP contribution in [-0.4, -0.2) is 54.7 Å². The Morgan fingerprint density at radius 3 is 2.76 bits per heavy atom. The van der Waals surface area contributed by atoms with E-state index >= 15 is 0 Å². The Hall–Kier alpha value is -2.77. The highest BCUT2D eigenvalue weighted by Gasteiger charge is 2.29. The summed E-state index contributed by atoms with van der Waals surface area (Å²) < 4.78 is 5.37. The standard InChI is InChI=1S/C13H15N3O5/c1-15(7-10(14)17)13(20)16-5-6-21-11-8(12(18)19)3-2-4-9(11)16/h2-4H,5-7H2,1H3,(H2,14,17)(H,18,19). The molecule has 2 rings (SSSR count). The first-order valence-electron chi connectivity index (χ1n) is 6.22. The molecule has 3 amide bonds. The predicted molar refractivity (Wildman–Crippen MR) is 73.5 cm³/mol. The molecule has 3 N–H and O–H groups in total. The molecule has 0 atom stereocenters. The van der Waals surface area contributed by atoms with Crippen LogP contribution in [0.25, 0.3) is 0 Å². The third-order valence-corrected chi connectivity index (χ3v) is 3.03. The summed E-state index contributed by atoms with van der Waals surface area (Å²) in [5, 5.41) is 9.14. The van der Waals surface area contributed by atoms with Crippen LogP contribution in [0, 0.1) is 0 Å². The van der Waals surface area contributed by atoms with Gasteiger partial charge in [-0.25, -0.2) is 9.59 Å². The van der Waals surface area contributed by atoms with E-state index in [9.17, 15) is 14.4 Å². The number of carboxylic acids is 1. The lowest BCUT2D eigenvalue weighted by Gasteiger charge is -2.32. The fraction of sp³-hybridized carbons (Fsp3) is 0.308. The highest BCUT2D eigenvalue weighted by atomic mass is 16.5. The lowest BCUT2D eigenvalue weighted by molar-refractivity contribution is -0.118. The Morgan fingerprint density at radius 2 is 2.14 bits per heavy atom. The van der Waals surface area contributed by atoms with Crippen molar-refractivity contribution in [2.45, 2.75) is 0 Å². The lowest BCUT2D eigenvalue weighted by atomic mass is 10.1. The summed E-state index contributed by atoms with van der Waals surface area (Å²) in [6.07, 6.45) is 0. The zero-order valence-corrected chi connectivity index (χ0v) is 11.4. The number of hydrogen-bond acceptors (Lipinski definition) is 4. The Labute approximate surface area is 120 Å². The van der Waals surface area contributed by atoms with Crippen LogP contribution < -0.4 is 15.4 Å². The molecule has 1 aromatic rings. The molecular formula is C13H15N3O5. The highest BCUT2D eigenvalue weighted by molar-refractivity contribution is 6.00. The molecule has 8 nitrogen and oxygen atoms in total. The molecule has 0 saturated carbocycles. The fourth-order valence-corrected chi connectivity index (χ4v) is 2.12. The van der Waals surface area contributed by atoms with Crippen LogP contribution in [0.15, 0.2) is 18.2 Å². The van der Waals surface area contributed by atoms with E-state index in [0.717, 1.165) is 0 Å². The number of carbonyl (C=O) groups is 3. The molecule has 8 heteroatoms. The minimum absolute atomic E-state index is 0.0115. The van der Waals surface area contributed by atoms with Gasteiger partial charge < -0.3 is 20.5 Å². The summed E-state index contributed by atoms with van der Waals surface area (Å²) in [6.45, 7) is 0.218. The number of rotatable bonds is 3. The molecule has 1 aliphatic rings. The van der Waals surface area contributed by atoms with Gasteiger partial charge in [0.15, 0.2) is 5.75 Å². The first kappa shape index (κ1) is 14.6. The van der Waals surface area contributed by atoms with E-state index in [2.05, 4.69) is 0 Å². The molecule has 0 saturated heterocycles. The van der Waals surface area contributed by atoms with Crippen molar-refractivity contribution in [1.29, 1.82) is 0 Å². The van der Waals surface area contributed by atoms with Gasteiger partial charge in [-0.05, 0) is 12.1 Å². The average molecular weight is 293 g/mol. The van der Waals surface area contributed by atoms with E-state index < -0.39 is 17.9 Å². The van der Waals surface area contributed by atoms with Crippen molar-refractivity contribution in [1.82, 2.24) is 4.90 Å². The minimum atomic E-state index is -1.13. The summed E-state index contributed by atoms with van der Waals surface area (Å²) in [5.74, 6) is -1.61. The van der Waals surface area contributed by atoms with Crippen LogP contribution in [0.1, 0.15) is 10.4 Å². The van der Waals surface area contributed by atoms with Crippen molar-refractivity contribution in [3.05, 3.63) is 23.8 Å². The molecule has 1 heterocycles. The van der Waals surface area contributed by atoms with Gasteiger partial charge in [-0.1, -0.05) is 6.07 Å². The van der Waals surface area contributed by atoms with Gasteiger partial charge in [-0.2, -0.15) is 0 Å². The number of aromatic carboxylic acids is 1. The van der Waals surface area contributed by atoms with E-state index in [-0.39, 0.29) is 31.0 Å². The number of benzene rings is 1. The number of anilines is 1. The molecular weight excluding hydrogens is 278 g/mol. The normalized spacial score (nSPS) is 13.1. The maximum atomic E-state index is 12.3. The second-order valence-corrected chi connectivity index (χ2v) is 4.56. The molecule has 0 aromatic heterocycles. The molecule has 0 radical (unpaired) electrons. The van der Waals surface area contributed by atoms with Gasteiger partial charge in [-0.15, -0.1) is 0 Å². The maximum Gasteiger partial charge on any atom is 0.339 e. The van der Waals surface area contributed by atoms with E-state index in [4.69, 9.17) is 15.6 Å². The molecule has 0 aliphatic carbocycles. The average Bonchev–Trinajstić information content (AvgIpc) is 2.44. The highest BCUT2D eigenvalue weighted by Crippen LogP contribution is 2.35. The number of carbonyl (C=O) groups excluding carboxylic acids is 2. The van der Waals surface area contributed by atoms with Crippen molar-refractivity contribution in [2.24, 2.45) is 5.73 Å². The van der Waals surface area contributed by atoms with E-state index in [1.165, 1.54) is 29.0 Å². The number of nitrogens with zero attached hydrogens (tertiary/aromatic N) is 2. The molecule has 21 heavy (non-hydrogen) atoms. The van der Waals surface area contributed by atoms with Crippen molar-refractivity contribution in [3.8, 4) is 5.75 Å². The van der Waals surface area contributed by atoms with Crippen LogP contribution in [0.3, 0.4) is 0 Å². The fourth-order valence-electron chi connectivity index (χ4n) is 2.12. The molecule has 0 fully saturated rings. The summed E-state index contributed by atoms with van der Waals surface area (Å²) >= 11 is 0. The van der Waals surface area contributed by atoms with Crippen LogP contribution in [0.4, 0.5) is 10.5 Å². The number of fused-ring (bicyclic) bond motifs is 1. The number of ether oxygens (including phenoxy) is 1. The van der Waals surface area contributed by atoms with Crippen LogP contribution in [-0.2, 0) is 4.79 Å². The van der Waals surface area contributed by atoms with Crippen LogP contribution >= 0.6 is 0 Å². The third-order valence-electron chi connectivity index (χ3n) is 3.03. The van der Waals surface area contributed by atoms with Crippen molar-refractivity contribution < 1.29 is 24.2 Å². The topological polar surface area (TPSA) is 113 Å². The summed E-state index contributed by atoms with van der Waals surface area (Å²) in [6, 6.07) is 4.09. The zero-order chi connectivity index (χ0) is 15.6. The summed E-state index contributed by atoms with van der Waals surface area (Å²) in [5.41, 5.74) is 5.42. The van der Waals surface area contributed by atoms with Crippen molar-refractivity contribution in [3.63, 3.8) is 0 Å². The van der Waals surface area contributed by atoms with Crippen molar-refractivity contribution in [2.75, 3.05) is 31.6 Å². The molecule has 0 bridgehead atoms. The maximum absolute atomic E-state index is 12.3. The summed E-state index contributed by atoms with van der Waals surface area (Å²) in [7, 11) is 1.45. The minimum Gasteiger partial charge on any atom is -0.489 e. The van der Waals surface area contributed by atoms with Gasteiger partial charge in [0.25, 0.3) is 0 Å². The number of amides is 3. The van der Waals surface area contributed by atoms with Crippen LogP contribution in [0.2, 0.25) is 0 Å². The molecule has 1 aliphatic heterocycles. The van der Waals surface area contributed by atoms with Gasteiger partial charge in [0.05, 0.1) is 12.2 Å². The smallest absolute Gasteiger partial charge is 0.339 e. The zero-order valence-electron chi connectivity index (χ0n) is 11.4. The third kappa shape index (κ3) is 2.88. The first-order chi connectivity index (χ1) is 9.91. The molecule has 112 valence electrons. The number of primary amides is 1. The van der Waals surface area contributed by atoms with Crippen molar-refractivity contribution >= 4 is 23.6 Å². The van der Waals surface area contributed by atoms with E-state index in [1.54, 1.807) is 6.07 Å². The quantitative estimate of drug-likeness (QED) is 0.821. The predicted octanol–water partition coefficient (Wildman–Crippen LogP) is 0.121. The Kier molecular flexibility index (Phi) is 3.97. The van der Waals surface area contributed by atoms with Gasteiger partial charge in [-0.3, -0.25) is 9.69 Å². The van der Waals surface area contributed by atoms with Gasteiger partial charge >= 0.3 is 12.0 Å². The van der Waals surface area contributed by atoms with Gasteiger partial charge in [0.1, 0.15) is 18.7 Å². The van der Waals surface area contributed by atoms with E-state index in [1.807, 2.05) is 0 Å². The monoisotopic (exact) mass is 293 g/mol. The Balaban J connectivity index is 2.34. The lowest BCUT2D eigenvalue weighted by Crippen LogP contribution is -2.47. The number of urea groups is 1. The number of carboxylic acid groups (broad SMARTS) is 1. The SMILES string of the molecule is CN(CC(N)=O)C(=O)N1CCOc2c(C(=O)O)cccc21. The largest absolute Gasteiger partial charge is 0.489 e. The number of nitrogens with two attached hydrogens (primary N) is 1. The Morgan fingerprint density at radius 1 is 1.43 bits per heavy atom. The molecule has 1 aromatic carbocycles. The van der Waals surface area contributed by atoms with Gasteiger partial charge in [0, 0.05) is 7.05 Å². The second kappa shape index (κ2) is 5.70. The van der Waals surface area contributed by atoms with Crippen LogP contribution in [0.5, 0.6) is 5.75 Å².